The molecular weight excluding hydrogens is 376 g/mol. The summed E-state index contributed by atoms with van der Waals surface area (Å²) in [5.41, 5.74) is 0.877. The fourth-order valence-electron chi connectivity index (χ4n) is 2.48. The summed E-state index contributed by atoms with van der Waals surface area (Å²) in [6.45, 7) is 0. The van der Waals surface area contributed by atoms with Crippen molar-refractivity contribution in [1.82, 2.24) is 0 Å². The Labute approximate surface area is 145 Å². The molecule has 0 saturated carbocycles. The lowest BCUT2D eigenvalue weighted by Gasteiger charge is -2.16. The molecule has 0 aromatic heterocycles. The average molecular weight is 395 g/mol. The molecule has 122 valence electrons. The number of Topliss-reactive ketones (excluding diaryl/α,β-unsaturated/α-hetero) is 1. The van der Waals surface area contributed by atoms with Gasteiger partial charge in [-0.3, -0.25) is 4.79 Å². The molecule has 2 aromatic rings. The molecule has 23 heavy (non-hydrogen) atoms. The van der Waals surface area contributed by atoms with Crippen molar-refractivity contribution >= 4 is 31.6 Å². The van der Waals surface area contributed by atoms with Gasteiger partial charge in [0.1, 0.15) is 5.75 Å². The smallest absolute Gasteiger partial charge is 0.185 e. The van der Waals surface area contributed by atoms with E-state index in [-0.39, 0.29) is 16.6 Å². The van der Waals surface area contributed by atoms with Gasteiger partial charge in [0.05, 0.1) is 4.90 Å². The van der Waals surface area contributed by atoms with Crippen molar-refractivity contribution in [1.29, 1.82) is 0 Å². The second-order valence-electron chi connectivity index (χ2n) is 5.33. The minimum absolute atomic E-state index is 0.195. The first kappa shape index (κ1) is 17.9. The number of halogens is 1. The van der Waals surface area contributed by atoms with E-state index >= 15 is 0 Å². The van der Waals surface area contributed by atoms with Crippen LogP contribution in [0.25, 0.3) is 0 Å². The number of carbonyl (C=O) groups excluding carboxylic acids is 1. The highest BCUT2D eigenvalue weighted by molar-refractivity contribution is 9.09. The molecule has 1 unspecified atom stereocenters. The van der Waals surface area contributed by atoms with Crippen LogP contribution in [0.3, 0.4) is 0 Å². The van der Waals surface area contributed by atoms with Gasteiger partial charge < -0.3 is 0 Å². The van der Waals surface area contributed by atoms with Crippen molar-refractivity contribution in [3.63, 3.8) is 0 Å². The predicted octanol–water partition coefficient (Wildman–Crippen LogP) is 3.99. The standard InChI is InChI=1S/C18H19BrO3S/c19-13-7-12-17(15-8-3-1-4-9-15)18(20)14-23(21,22)16-10-5-2-6-11-16/h1-6,8-11,17H,7,12-14H2. The SMILES string of the molecule is O=C(CS(=O)(=O)c1ccccc1)C(CCCBr)c1ccccc1. The van der Waals surface area contributed by atoms with E-state index in [1.807, 2.05) is 30.3 Å². The number of ketones is 1. The fraction of sp³-hybridized carbons (Fsp3) is 0.278. The number of rotatable bonds is 8. The molecule has 0 aliphatic heterocycles. The molecule has 0 radical (unpaired) electrons. The summed E-state index contributed by atoms with van der Waals surface area (Å²) in [6, 6.07) is 17.5. The van der Waals surface area contributed by atoms with Crippen LogP contribution in [0.15, 0.2) is 65.6 Å². The molecule has 0 amide bonds. The Morgan fingerprint density at radius 3 is 2.09 bits per heavy atom. The van der Waals surface area contributed by atoms with E-state index in [1.54, 1.807) is 18.2 Å². The fourth-order valence-corrected chi connectivity index (χ4v) is 4.12. The third kappa shape index (κ3) is 5.01. The van der Waals surface area contributed by atoms with Gasteiger partial charge in [0.25, 0.3) is 0 Å². The Hall–Kier alpha value is -1.46. The van der Waals surface area contributed by atoms with E-state index in [1.165, 1.54) is 12.1 Å². The molecule has 0 heterocycles. The largest absolute Gasteiger partial charge is 0.298 e. The van der Waals surface area contributed by atoms with Gasteiger partial charge in [-0.15, -0.1) is 0 Å². The zero-order valence-corrected chi connectivity index (χ0v) is 15.1. The van der Waals surface area contributed by atoms with Crippen molar-refractivity contribution in [3.8, 4) is 0 Å². The van der Waals surface area contributed by atoms with E-state index < -0.39 is 15.6 Å². The highest BCUT2D eigenvalue weighted by atomic mass is 79.9. The highest BCUT2D eigenvalue weighted by Crippen LogP contribution is 2.24. The first-order valence-electron chi connectivity index (χ1n) is 7.46. The van der Waals surface area contributed by atoms with E-state index in [4.69, 9.17) is 0 Å². The number of alkyl halides is 1. The van der Waals surface area contributed by atoms with Gasteiger partial charge >= 0.3 is 0 Å². The summed E-state index contributed by atoms with van der Waals surface area (Å²) < 4.78 is 24.8. The van der Waals surface area contributed by atoms with Gasteiger partial charge in [0.2, 0.25) is 0 Å². The van der Waals surface area contributed by atoms with Crippen LogP contribution in [0.1, 0.15) is 24.3 Å². The minimum Gasteiger partial charge on any atom is -0.298 e. The molecule has 1 atom stereocenters. The summed E-state index contributed by atoms with van der Waals surface area (Å²) in [4.78, 5) is 12.8. The maximum Gasteiger partial charge on any atom is 0.185 e. The number of benzene rings is 2. The molecule has 0 fully saturated rings. The Morgan fingerprint density at radius 2 is 1.52 bits per heavy atom. The summed E-state index contributed by atoms with van der Waals surface area (Å²) in [5, 5.41) is 0.787. The Bertz CT molecular complexity index is 727. The molecule has 2 rings (SSSR count). The van der Waals surface area contributed by atoms with Crippen molar-refractivity contribution in [2.75, 3.05) is 11.1 Å². The second-order valence-corrected chi connectivity index (χ2v) is 8.12. The van der Waals surface area contributed by atoms with Crippen molar-refractivity contribution in [2.24, 2.45) is 0 Å². The summed E-state index contributed by atoms with van der Waals surface area (Å²) in [7, 11) is -3.60. The van der Waals surface area contributed by atoms with E-state index in [0.29, 0.717) is 6.42 Å². The lowest BCUT2D eigenvalue weighted by molar-refractivity contribution is -0.118. The Morgan fingerprint density at radius 1 is 0.957 bits per heavy atom. The van der Waals surface area contributed by atoms with Crippen LogP contribution in [-0.4, -0.2) is 25.3 Å². The van der Waals surface area contributed by atoms with Crippen LogP contribution >= 0.6 is 15.9 Å². The normalized spacial score (nSPS) is 12.7. The zero-order valence-electron chi connectivity index (χ0n) is 12.7. The number of sulfone groups is 1. The first-order valence-corrected chi connectivity index (χ1v) is 10.2. The van der Waals surface area contributed by atoms with Crippen LogP contribution in [0.2, 0.25) is 0 Å². The Kier molecular flexibility index (Phi) is 6.54. The minimum atomic E-state index is -3.60. The maximum atomic E-state index is 12.6. The zero-order chi connectivity index (χ0) is 16.7. The number of hydrogen-bond acceptors (Lipinski definition) is 3. The summed E-state index contributed by atoms with van der Waals surface area (Å²) in [5.74, 6) is -1.09. The topological polar surface area (TPSA) is 51.2 Å². The molecule has 0 aliphatic carbocycles. The van der Waals surface area contributed by atoms with Crippen LogP contribution in [-0.2, 0) is 14.6 Å². The first-order chi connectivity index (χ1) is 11.0. The van der Waals surface area contributed by atoms with Crippen molar-refractivity contribution < 1.29 is 13.2 Å². The summed E-state index contributed by atoms with van der Waals surface area (Å²) >= 11 is 3.37. The van der Waals surface area contributed by atoms with Gasteiger partial charge in [0, 0.05) is 11.2 Å². The molecular formula is C18H19BrO3S. The lowest BCUT2D eigenvalue weighted by atomic mass is 9.91. The lowest BCUT2D eigenvalue weighted by Crippen LogP contribution is -2.23. The molecule has 5 heteroatoms. The molecule has 0 spiro atoms. The van der Waals surface area contributed by atoms with Gasteiger partial charge in [-0.25, -0.2) is 8.42 Å². The maximum absolute atomic E-state index is 12.6. The van der Waals surface area contributed by atoms with Gasteiger partial charge in [-0.2, -0.15) is 0 Å². The molecule has 0 saturated heterocycles. The highest BCUT2D eigenvalue weighted by Gasteiger charge is 2.26. The second kappa shape index (κ2) is 8.41. The van der Waals surface area contributed by atoms with E-state index in [2.05, 4.69) is 15.9 Å². The number of carbonyl (C=O) groups is 1. The monoisotopic (exact) mass is 394 g/mol. The van der Waals surface area contributed by atoms with Crippen LogP contribution in [0.5, 0.6) is 0 Å². The van der Waals surface area contributed by atoms with Crippen molar-refractivity contribution in [2.45, 2.75) is 23.7 Å². The quantitative estimate of drug-likeness (QED) is 0.636. The van der Waals surface area contributed by atoms with Gasteiger partial charge in [-0.1, -0.05) is 64.5 Å². The number of hydrogen-bond donors (Lipinski definition) is 0. The molecule has 2 aromatic carbocycles. The van der Waals surface area contributed by atoms with Gasteiger partial charge in [-0.05, 0) is 30.5 Å². The van der Waals surface area contributed by atoms with E-state index in [0.717, 1.165) is 17.3 Å². The summed E-state index contributed by atoms with van der Waals surface area (Å²) in [6.07, 6.45) is 1.45. The van der Waals surface area contributed by atoms with Crippen LogP contribution < -0.4 is 0 Å². The Balaban J connectivity index is 2.21. The van der Waals surface area contributed by atoms with E-state index in [9.17, 15) is 13.2 Å². The third-order valence-electron chi connectivity index (χ3n) is 3.65. The molecule has 0 bridgehead atoms. The average Bonchev–Trinajstić information content (AvgIpc) is 2.56. The predicted molar refractivity (Wildman–Crippen MR) is 95.7 cm³/mol. The molecule has 0 N–H and O–H groups in total. The van der Waals surface area contributed by atoms with Crippen LogP contribution in [0, 0.1) is 0 Å². The molecule has 3 nitrogen and oxygen atoms in total. The molecule has 0 aliphatic rings. The van der Waals surface area contributed by atoms with Gasteiger partial charge in [0.15, 0.2) is 15.6 Å². The van der Waals surface area contributed by atoms with Crippen molar-refractivity contribution in [3.05, 3.63) is 66.2 Å². The van der Waals surface area contributed by atoms with Crippen LogP contribution in [0.4, 0.5) is 0 Å². The third-order valence-corrected chi connectivity index (χ3v) is 5.87.